The van der Waals surface area contributed by atoms with Crippen LogP contribution < -0.4 is 24.4 Å². The van der Waals surface area contributed by atoms with E-state index < -0.39 is 12.0 Å². The first-order valence-corrected chi connectivity index (χ1v) is 11.4. The van der Waals surface area contributed by atoms with Gasteiger partial charge in [-0.1, -0.05) is 48.3 Å². The maximum Gasteiger partial charge on any atom is 0.338 e. The van der Waals surface area contributed by atoms with Crippen molar-refractivity contribution in [1.29, 1.82) is 0 Å². The minimum absolute atomic E-state index is 0.0623. The number of thiazole rings is 1. The number of carbonyl (C=O) groups excluding carboxylic acids is 1. The van der Waals surface area contributed by atoms with Gasteiger partial charge in [-0.05, 0) is 48.4 Å². The van der Waals surface area contributed by atoms with Gasteiger partial charge in [-0.25, -0.2) is 9.79 Å². The lowest BCUT2D eigenvalue weighted by molar-refractivity contribution is -0.138. The second-order valence-corrected chi connectivity index (χ2v) is 8.52. The van der Waals surface area contributed by atoms with E-state index in [1.54, 1.807) is 37.8 Å². The van der Waals surface area contributed by atoms with Crippen molar-refractivity contribution >= 4 is 23.4 Å². The molecule has 174 valence electrons. The molecule has 0 radical (unpaired) electrons. The van der Waals surface area contributed by atoms with E-state index in [2.05, 4.69) is 11.6 Å². The molecule has 2 heterocycles. The van der Waals surface area contributed by atoms with Crippen LogP contribution in [-0.4, -0.2) is 31.4 Å². The lowest BCUT2D eigenvalue weighted by Crippen LogP contribution is -2.39. The van der Waals surface area contributed by atoms with Crippen molar-refractivity contribution in [2.45, 2.75) is 13.0 Å². The van der Waals surface area contributed by atoms with E-state index in [-0.39, 0.29) is 12.2 Å². The van der Waals surface area contributed by atoms with Crippen LogP contribution in [0.25, 0.3) is 6.08 Å². The highest BCUT2D eigenvalue weighted by atomic mass is 32.1. The Morgan fingerprint density at radius 1 is 1.09 bits per heavy atom. The SMILES string of the molecule is C=CCOC(=O)C1=C(C)N=c2s/c(=C/c3ccc(OC)cc3)c(=O)n2[C@@H]1c1ccc(OC)cc1. The Kier molecular flexibility index (Phi) is 6.79. The average Bonchev–Trinajstić information content (AvgIpc) is 3.16. The highest BCUT2D eigenvalue weighted by molar-refractivity contribution is 7.07. The smallest absolute Gasteiger partial charge is 0.338 e. The molecule has 7 nitrogen and oxygen atoms in total. The Balaban J connectivity index is 1.89. The van der Waals surface area contributed by atoms with Crippen LogP contribution in [0.4, 0.5) is 0 Å². The molecule has 2 aromatic carbocycles. The minimum atomic E-state index is -0.683. The molecule has 0 bridgehead atoms. The van der Waals surface area contributed by atoms with Crippen molar-refractivity contribution in [1.82, 2.24) is 4.57 Å². The molecular formula is C26H24N2O5S. The first-order chi connectivity index (χ1) is 16.5. The summed E-state index contributed by atoms with van der Waals surface area (Å²) in [7, 11) is 3.19. The molecule has 8 heteroatoms. The van der Waals surface area contributed by atoms with E-state index in [1.165, 1.54) is 17.4 Å². The fraction of sp³-hybridized carbons (Fsp3) is 0.192. The number of allylic oxidation sites excluding steroid dienone is 1. The van der Waals surface area contributed by atoms with Gasteiger partial charge in [0.1, 0.15) is 18.1 Å². The summed E-state index contributed by atoms with van der Waals surface area (Å²) in [5.74, 6) is 0.870. The minimum Gasteiger partial charge on any atom is -0.497 e. The maximum atomic E-state index is 13.6. The van der Waals surface area contributed by atoms with Crippen LogP contribution in [0.2, 0.25) is 0 Å². The summed E-state index contributed by atoms with van der Waals surface area (Å²) in [6.45, 7) is 5.41. The number of hydrogen-bond acceptors (Lipinski definition) is 7. The Morgan fingerprint density at radius 2 is 1.71 bits per heavy atom. The van der Waals surface area contributed by atoms with Crippen molar-refractivity contribution in [3.63, 3.8) is 0 Å². The van der Waals surface area contributed by atoms with Gasteiger partial charge in [0.25, 0.3) is 5.56 Å². The van der Waals surface area contributed by atoms with Crippen LogP contribution in [0, 0.1) is 0 Å². The molecule has 0 fully saturated rings. The standard InChI is InChI=1S/C26H24N2O5S/c1-5-14-33-25(30)22-16(2)27-26-28(23(22)18-8-12-20(32-4)13-9-18)24(29)21(34-26)15-17-6-10-19(31-3)11-7-17/h5-13,15,23H,1,14H2,2-4H3/b21-15+/t23-/m1/s1. The Hall–Kier alpha value is -3.91. The normalized spacial score (nSPS) is 15.4. The summed E-state index contributed by atoms with van der Waals surface area (Å²) in [5.41, 5.74) is 2.19. The zero-order valence-electron chi connectivity index (χ0n) is 19.1. The number of nitrogens with zero attached hydrogens (tertiary/aromatic N) is 2. The molecule has 0 aliphatic carbocycles. The number of hydrogen-bond donors (Lipinski definition) is 0. The van der Waals surface area contributed by atoms with Gasteiger partial charge >= 0.3 is 5.97 Å². The lowest BCUT2D eigenvalue weighted by atomic mass is 9.96. The molecule has 0 unspecified atom stereocenters. The van der Waals surface area contributed by atoms with Crippen LogP contribution in [0.15, 0.2) is 82.2 Å². The van der Waals surface area contributed by atoms with E-state index >= 15 is 0 Å². The molecular weight excluding hydrogens is 452 g/mol. The molecule has 3 aromatic rings. The number of rotatable bonds is 7. The van der Waals surface area contributed by atoms with E-state index in [9.17, 15) is 9.59 Å². The first kappa shape index (κ1) is 23.3. The molecule has 0 spiro atoms. The van der Waals surface area contributed by atoms with Crippen LogP contribution in [0.1, 0.15) is 24.1 Å². The summed E-state index contributed by atoms with van der Waals surface area (Å²) in [4.78, 5) is 31.7. The predicted octanol–water partition coefficient (Wildman–Crippen LogP) is 2.98. The van der Waals surface area contributed by atoms with Gasteiger partial charge < -0.3 is 14.2 Å². The zero-order chi connectivity index (χ0) is 24.2. The summed E-state index contributed by atoms with van der Waals surface area (Å²) >= 11 is 1.28. The monoisotopic (exact) mass is 476 g/mol. The van der Waals surface area contributed by atoms with Gasteiger partial charge in [-0.15, -0.1) is 0 Å². The number of esters is 1. The average molecular weight is 477 g/mol. The largest absolute Gasteiger partial charge is 0.497 e. The van der Waals surface area contributed by atoms with E-state index in [1.807, 2.05) is 42.5 Å². The van der Waals surface area contributed by atoms with Crippen molar-refractivity contribution < 1.29 is 19.0 Å². The molecule has 4 rings (SSSR count). The number of benzene rings is 2. The molecule has 1 aliphatic heterocycles. The van der Waals surface area contributed by atoms with Gasteiger partial charge in [0, 0.05) is 0 Å². The van der Waals surface area contributed by atoms with E-state index in [0.29, 0.717) is 26.4 Å². The van der Waals surface area contributed by atoms with Crippen LogP contribution >= 0.6 is 11.3 Å². The Bertz CT molecular complexity index is 1430. The van der Waals surface area contributed by atoms with Crippen molar-refractivity contribution in [2.24, 2.45) is 4.99 Å². The molecule has 1 atom stereocenters. The summed E-state index contributed by atoms with van der Waals surface area (Å²) in [6, 6.07) is 14.0. The van der Waals surface area contributed by atoms with Crippen LogP contribution in [0.5, 0.6) is 11.5 Å². The van der Waals surface area contributed by atoms with Gasteiger partial charge in [0.2, 0.25) is 0 Å². The second kappa shape index (κ2) is 9.93. The third-order valence-electron chi connectivity index (χ3n) is 5.42. The Morgan fingerprint density at radius 3 is 2.29 bits per heavy atom. The second-order valence-electron chi connectivity index (χ2n) is 7.52. The molecule has 34 heavy (non-hydrogen) atoms. The van der Waals surface area contributed by atoms with Gasteiger partial charge in [0.15, 0.2) is 4.80 Å². The number of ether oxygens (including phenoxy) is 3. The number of carbonyl (C=O) groups is 1. The topological polar surface area (TPSA) is 79.1 Å². The molecule has 0 amide bonds. The van der Waals surface area contributed by atoms with E-state index in [0.717, 1.165) is 16.9 Å². The quantitative estimate of drug-likeness (QED) is 0.387. The molecule has 0 saturated heterocycles. The number of methoxy groups -OCH3 is 2. The van der Waals surface area contributed by atoms with Crippen LogP contribution in [-0.2, 0) is 9.53 Å². The third-order valence-corrected chi connectivity index (χ3v) is 6.40. The van der Waals surface area contributed by atoms with Gasteiger partial charge in [-0.2, -0.15) is 0 Å². The number of fused-ring (bicyclic) bond motifs is 1. The highest BCUT2D eigenvalue weighted by Crippen LogP contribution is 2.31. The maximum absolute atomic E-state index is 13.6. The fourth-order valence-electron chi connectivity index (χ4n) is 3.75. The number of aromatic nitrogens is 1. The van der Waals surface area contributed by atoms with Crippen LogP contribution in [0.3, 0.4) is 0 Å². The molecule has 0 saturated carbocycles. The van der Waals surface area contributed by atoms with Crippen molar-refractivity contribution in [3.8, 4) is 11.5 Å². The predicted molar refractivity (Wildman–Crippen MR) is 131 cm³/mol. The van der Waals surface area contributed by atoms with Gasteiger partial charge in [-0.3, -0.25) is 9.36 Å². The Labute approximate surface area is 200 Å². The lowest BCUT2D eigenvalue weighted by Gasteiger charge is -2.24. The summed E-state index contributed by atoms with van der Waals surface area (Å²) < 4.78 is 17.9. The highest BCUT2D eigenvalue weighted by Gasteiger charge is 2.33. The van der Waals surface area contributed by atoms with Crippen molar-refractivity contribution in [3.05, 3.63) is 103 Å². The van der Waals surface area contributed by atoms with Gasteiger partial charge in [0.05, 0.1) is 36.1 Å². The first-order valence-electron chi connectivity index (χ1n) is 10.6. The summed E-state index contributed by atoms with van der Waals surface area (Å²) in [5, 5.41) is 0. The molecule has 1 aliphatic rings. The third kappa shape index (κ3) is 4.45. The van der Waals surface area contributed by atoms with Crippen molar-refractivity contribution in [2.75, 3.05) is 20.8 Å². The fourth-order valence-corrected chi connectivity index (χ4v) is 4.79. The molecule has 1 aromatic heterocycles. The van der Waals surface area contributed by atoms with E-state index in [4.69, 9.17) is 14.2 Å². The summed E-state index contributed by atoms with van der Waals surface area (Å²) in [6.07, 6.45) is 3.31. The zero-order valence-corrected chi connectivity index (χ0v) is 19.9. The molecule has 0 N–H and O–H groups in total.